The highest BCUT2D eigenvalue weighted by Crippen LogP contribution is 2.27. The highest BCUT2D eigenvalue weighted by Gasteiger charge is 2.24. The van der Waals surface area contributed by atoms with E-state index in [4.69, 9.17) is 14.5 Å². The Morgan fingerprint density at radius 2 is 2.21 bits per heavy atom. The van der Waals surface area contributed by atoms with Crippen molar-refractivity contribution in [3.8, 4) is 0 Å². The standard InChI is InChI=1S/C17H23N5O2/c1-12-7-14-9-21(4-5-22(14)20-12)17-8-15(13-3-6-24-10-13)18-16(19-17)11-23-2/h7-8,13H,3-6,9-11H2,1-2H3/t13-/m0/s1. The number of hydrogen-bond donors (Lipinski definition) is 0. The molecule has 0 spiro atoms. The van der Waals surface area contributed by atoms with Crippen LogP contribution in [0.3, 0.4) is 0 Å². The lowest BCUT2D eigenvalue weighted by Gasteiger charge is -2.29. The molecule has 2 aromatic heterocycles. The molecular weight excluding hydrogens is 306 g/mol. The number of methoxy groups -OCH3 is 1. The molecular formula is C17H23N5O2. The third kappa shape index (κ3) is 3.01. The van der Waals surface area contributed by atoms with Crippen LogP contribution in [-0.4, -0.2) is 46.6 Å². The fourth-order valence-corrected chi connectivity index (χ4v) is 3.44. The summed E-state index contributed by atoms with van der Waals surface area (Å²) in [5.74, 6) is 2.08. The van der Waals surface area contributed by atoms with Crippen molar-refractivity contribution < 1.29 is 9.47 Å². The van der Waals surface area contributed by atoms with Crippen molar-refractivity contribution >= 4 is 5.82 Å². The Kier molecular flexibility index (Phi) is 4.20. The quantitative estimate of drug-likeness (QED) is 0.850. The Labute approximate surface area is 141 Å². The number of anilines is 1. The highest BCUT2D eigenvalue weighted by atomic mass is 16.5. The number of aromatic nitrogens is 4. The van der Waals surface area contributed by atoms with Gasteiger partial charge >= 0.3 is 0 Å². The summed E-state index contributed by atoms with van der Waals surface area (Å²) in [7, 11) is 1.68. The Morgan fingerprint density at radius 3 is 3.00 bits per heavy atom. The molecule has 0 unspecified atom stereocenters. The van der Waals surface area contributed by atoms with Crippen molar-refractivity contribution in [3.05, 3.63) is 35.0 Å². The van der Waals surface area contributed by atoms with Gasteiger partial charge in [0.1, 0.15) is 12.4 Å². The van der Waals surface area contributed by atoms with Gasteiger partial charge in [0, 0.05) is 32.2 Å². The van der Waals surface area contributed by atoms with E-state index in [1.165, 1.54) is 5.69 Å². The SMILES string of the molecule is COCc1nc([C@H]2CCOC2)cc(N2CCn3nc(C)cc3C2)n1. The van der Waals surface area contributed by atoms with Crippen molar-refractivity contribution in [2.45, 2.75) is 39.0 Å². The molecule has 0 bridgehead atoms. The lowest BCUT2D eigenvalue weighted by atomic mass is 10.0. The third-order valence-corrected chi connectivity index (χ3v) is 4.64. The molecule has 4 rings (SSSR count). The van der Waals surface area contributed by atoms with E-state index in [-0.39, 0.29) is 0 Å². The first-order valence-corrected chi connectivity index (χ1v) is 8.46. The normalized spacial score (nSPS) is 20.4. The first-order chi connectivity index (χ1) is 11.7. The summed E-state index contributed by atoms with van der Waals surface area (Å²) < 4.78 is 12.9. The maximum atomic E-state index is 5.53. The second-order valence-electron chi connectivity index (χ2n) is 6.48. The molecule has 0 radical (unpaired) electrons. The average molecular weight is 329 g/mol. The molecule has 0 saturated carbocycles. The minimum Gasteiger partial charge on any atom is -0.381 e. The summed E-state index contributed by atoms with van der Waals surface area (Å²) >= 11 is 0. The van der Waals surface area contributed by atoms with Crippen LogP contribution in [0.2, 0.25) is 0 Å². The van der Waals surface area contributed by atoms with Gasteiger partial charge in [0.05, 0.1) is 36.8 Å². The van der Waals surface area contributed by atoms with E-state index in [9.17, 15) is 0 Å². The van der Waals surface area contributed by atoms with Crippen molar-refractivity contribution in [1.29, 1.82) is 0 Å². The Hall–Kier alpha value is -1.99. The molecule has 7 heteroatoms. The van der Waals surface area contributed by atoms with Gasteiger partial charge in [0.25, 0.3) is 0 Å². The monoisotopic (exact) mass is 329 g/mol. The second-order valence-corrected chi connectivity index (χ2v) is 6.48. The van der Waals surface area contributed by atoms with Crippen LogP contribution in [-0.2, 0) is 29.2 Å². The minimum atomic E-state index is 0.361. The summed E-state index contributed by atoms with van der Waals surface area (Å²) in [5.41, 5.74) is 3.37. The molecule has 128 valence electrons. The van der Waals surface area contributed by atoms with Gasteiger partial charge in [-0.3, -0.25) is 4.68 Å². The highest BCUT2D eigenvalue weighted by molar-refractivity contribution is 5.42. The summed E-state index contributed by atoms with van der Waals surface area (Å²) in [6.45, 7) is 6.63. The molecule has 1 fully saturated rings. The van der Waals surface area contributed by atoms with Crippen LogP contribution in [0.4, 0.5) is 5.82 Å². The van der Waals surface area contributed by atoms with Gasteiger partial charge in [-0.15, -0.1) is 0 Å². The van der Waals surface area contributed by atoms with E-state index in [0.29, 0.717) is 12.5 Å². The number of hydrogen-bond acceptors (Lipinski definition) is 6. The molecule has 4 heterocycles. The molecule has 0 aliphatic carbocycles. The first kappa shape index (κ1) is 15.5. The molecule has 7 nitrogen and oxygen atoms in total. The lowest BCUT2D eigenvalue weighted by Crippen LogP contribution is -2.34. The summed E-state index contributed by atoms with van der Waals surface area (Å²) in [6.07, 6.45) is 1.02. The maximum Gasteiger partial charge on any atom is 0.156 e. The third-order valence-electron chi connectivity index (χ3n) is 4.64. The molecule has 0 amide bonds. The molecule has 2 aliphatic heterocycles. The van der Waals surface area contributed by atoms with Gasteiger partial charge < -0.3 is 14.4 Å². The Morgan fingerprint density at radius 1 is 1.29 bits per heavy atom. The number of ether oxygens (including phenoxy) is 2. The van der Waals surface area contributed by atoms with E-state index in [0.717, 1.165) is 62.3 Å². The van der Waals surface area contributed by atoms with Crippen LogP contribution in [0.5, 0.6) is 0 Å². The second kappa shape index (κ2) is 6.49. The molecule has 1 saturated heterocycles. The maximum absolute atomic E-state index is 5.53. The van der Waals surface area contributed by atoms with Crippen molar-refractivity contribution in [1.82, 2.24) is 19.7 Å². The topological polar surface area (TPSA) is 65.3 Å². The predicted molar refractivity (Wildman–Crippen MR) is 88.9 cm³/mol. The van der Waals surface area contributed by atoms with Crippen LogP contribution in [0, 0.1) is 6.92 Å². The zero-order valence-electron chi connectivity index (χ0n) is 14.2. The first-order valence-electron chi connectivity index (χ1n) is 8.46. The van der Waals surface area contributed by atoms with Crippen LogP contribution < -0.4 is 4.90 Å². The molecule has 2 aliphatic rings. The van der Waals surface area contributed by atoms with E-state index in [1.54, 1.807) is 7.11 Å². The van der Waals surface area contributed by atoms with Crippen LogP contribution in [0.25, 0.3) is 0 Å². The fraction of sp³-hybridized carbons (Fsp3) is 0.588. The summed E-state index contributed by atoms with van der Waals surface area (Å²) in [6, 6.07) is 4.27. The van der Waals surface area contributed by atoms with Gasteiger partial charge in [-0.05, 0) is 19.4 Å². The Balaban J connectivity index is 1.64. The number of aryl methyl sites for hydroxylation is 1. The number of nitrogens with zero attached hydrogens (tertiary/aromatic N) is 5. The van der Waals surface area contributed by atoms with Crippen molar-refractivity contribution in [2.24, 2.45) is 0 Å². The molecule has 0 N–H and O–H groups in total. The minimum absolute atomic E-state index is 0.361. The number of fused-ring (bicyclic) bond motifs is 1. The van der Waals surface area contributed by atoms with E-state index in [1.807, 2.05) is 6.92 Å². The van der Waals surface area contributed by atoms with Gasteiger partial charge in [-0.2, -0.15) is 5.10 Å². The molecule has 24 heavy (non-hydrogen) atoms. The lowest BCUT2D eigenvalue weighted by molar-refractivity contribution is 0.177. The summed E-state index contributed by atoms with van der Waals surface area (Å²) in [4.78, 5) is 11.7. The van der Waals surface area contributed by atoms with Crippen LogP contribution >= 0.6 is 0 Å². The fourth-order valence-electron chi connectivity index (χ4n) is 3.44. The number of rotatable bonds is 4. The van der Waals surface area contributed by atoms with Crippen LogP contribution in [0.1, 0.15) is 35.2 Å². The van der Waals surface area contributed by atoms with E-state index in [2.05, 4.69) is 31.8 Å². The van der Waals surface area contributed by atoms with Gasteiger partial charge in [0.2, 0.25) is 0 Å². The van der Waals surface area contributed by atoms with Crippen LogP contribution in [0.15, 0.2) is 12.1 Å². The average Bonchev–Trinajstić information content (AvgIpc) is 3.22. The largest absolute Gasteiger partial charge is 0.381 e. The Bertz CT molecular complexity index is 724. The zero-order chi connectivity index (χ0) is 16.5. The predicted octanol–water partition coefficient (Wildman–Crippen LogP) is 1.65. The summed E-state index contributed by atoms with van der Waals surface area (Å²) in [5, 5.41) is 4.53. The van der Waals surface area contributed by atoms with Gasteiger partial charge in [-0.25, -0.2) is 9.97 Å². The smallest absolute Gasteiger partial charge is 0.156 e. The zero-order valence-corrected chi connectivity index (χ0v) is 14.2. The molecule has 2 aromatic rings. The molecule has 0 aromatic carbocycles. The van der Waals surface area contributed by atoms with E-state index < -0.39 is 0 Å². The molecule has 1 atom stereocenters. The van der Waals surface area contributed by atoms with Crippen molar-refractivity contribution in [3.63, 3.8) is 0 Å². The van der Waals surface area contributed by atoms with E-state index >= 15 is 0 Å². The van der Waals surface area contributed by atoms with Crippen molar-refractivity contribution in [2.75, 3.05) is 31.8 Å². The van der Waals surface area contributed by atoms with Gasteiger partial charge in [-0.1, -0.05) is 0 Å². The van der Waals surface area contributed by atoms with Gasteiger partial charge in [0.15, 0.2) is 5.82 Å².